The molecular formula is C30H35ClF3N9O6S. The quantitative estimate of drug-likeness (QED) is 0.135. The van der Waals surface area contributed by atoms with Crippen molar-refractivity contribution in [3.63, 3.8) is 0 Å². The number of halogens is 4. The Morgan fingerprint density at radius 2 is 1.64 bits per heavy atom. The number of nitrogens with one attached hydrogen (secondary N) is 5. The van der Waals surface area contributed by atoms with E-state index >= 15 is 0 Å². The van der Waals surface area contributed by atoms with Crippen LogP contribution in [0.2, 0.25) is 5.02 Å². The summed E-state index contributed by atoms with van der Waals surface area (Å²) < 4.78 is 69.7. The van der Waals surface area contributed by atoms with E-state index in [1.54, 1.807) is 12.1 Å². The van der Waals surface area contributed by atoms with Crippen LogP contribution in [0.15, 0.2) is 48.5 Å². The second kappa shape index (κ2) is 15.9. The summed E-state index contributed by atoms with van der Waals surface area (Å²) in [4.78, 5) is 49.2. The summed E-state index contributed by atoms with van der Waals surface area (Å²) in [7, 11) is -1.51. The lowest BCUT2D eigenvalue weighted by atomic mass is 10.1. The van der Waals surface area contributed by atoms with Crippen molar-refractivity contribution in [2.24, 2.45) is 0 Å². The van der Waals surface area contributed by atoms with Gasteiger partial charge in [-0.1, -0.05) is 23.7 Å². The number of nitrogens with zero attached hydrogens (tertiary/aromatic N) is 4. The van der Waals surface area contributed by atoms with E-state index in [0.29, 0.717) is 10.7 Å². The monoisotopic (exact) mass is 741 g/mol. The van der Waals surface area contributed by atoms with E-state index in [1.807, 2.05) is 16.9 Å². The molecule has 2 aromatic carbocycles. The van der Waals surface area contributed by atoms with Crippen LogP contribution in [-0.4, -0.2) is 84.9 Å². The Labute approximate surface area is 290 Å². The highest BCUT2D eigenvalue weighted by atomic mass is 35.5. The molecule has 3 aromatic rings. The van der Waals surface area contributed by atoms with Gasteiger partial charge in [0.25, 0.3) is 11.8 Å². The van der Waals surface area contributed by atoms with E-state index in [1.165, 1.54) is 45.3 Å². The average molecular weight is 742 g/mol. The molecule has 1 unspecified atom stereocenters. The normalized spacial score (nSPS) is 14.3. The number of anilines is 3. The van der Waals surface area contributed by atoms with Crippen LogP contribution in [0.3, 0.4) is 0 Å². The average Bonchev–Trinajstić information content (AvgIpc) is 3.82. The van der Waals surface area contributed by atoms with Crippen LogP contribution in [0.5, 0.6) is 6.01 Å². The Balaban J connectivity index is 1.31. The van der Waals surface area contributed by atoms with Crippen LogP contribution in [0.4, 0.5) is 30.8 Å². The topological polar surface area (TPSA) is 197 Å². The summed E-state index contributed by atoms with van der Waals surface area (Å²) in [6.45, 7) is -0.144. The number of hydrogen-bond donors (Lipinski definition) is 5. The minimum Gasteiger partial charge on any atom is -0.454 e. The Kier molecular flexibility index (Phi) is 12.1. The number of hydrogen-bond acceptors (Lipinski definition) is 11. The van der Waals surface area contributed by atoms with E-state index in [2.05, 4.69) is 36.2 Å². The molecule has 0 bridgehead atoms. The molecule has 270 valence electrons. The van der Waals surface area contributed by atoms with Gasteiger partial charge in [0.2, 0.25) is 17.8 Å². The van der Waals surface area contributed by atoms with Gasteiger partial charge in [-0.2, -0.15) is 40.8 Å². The van der Waals surface area contributed by atoms with Crippen molar-refractivity contribution in [2.45, 2.75) is 50.4 Å². The van der Waals surface area contributed by atoms with Gasteiger partial charge < -0.3 is 26.0 Å². The highest BCUT2D eigenvalue weighted by Crippen LogP contribution is 2.48. The zero-order valence-corrected chi connectivity index (χ0v) is 28.7. The van der Waals surface area contributed by atoms with Gasteiger partial charge in [0.05, 0.1) is 5.54 Å². The molecule has 3 amide bonds. The molecule has 1 aliphatic rings. The highest BCUT2D eigenvalue weighted by Gasteiger charge is 2.45. The number of alkyl halides is 3. The van der Waals surface area contributed by atoms with Crippen LogP contribution in [0, 0.1) is 0 Å². The second-order valence-corrected chi connectivity index (χ2v) is 13.8. The predicted molar refractivity (Wildman–Crippen MR) is 177 cm³/mol. The van der Waals surface area contributed by atoms with E-state index in [4.69, 9.17) is 16.3 Å². The van der Waals surface area contributed by atoms with Crippen molar-refractivity contribution >= 4 is 57.1 Å². The standard InChI is InChI=1S/C30H35ClF3N9O6S/c1-18(24(45)42-50(47,48)43(2)3)36-23(44)5-4-16-35-25(46)19-6-12-22(13-7-19)37-26-38-27(40-28(39-26)49-17-30(32,33)34)41-29(14-15-29)20-8-10-21(31)11-9-20/h6-13,18H,4-5,14-17H2,1-3H3,(H,35,46)(H,36,44)(H,42,45)(H2,37,38,39,40,41). The number of carbonyl (C=O) groups is 3. The summed E-state index contributed by atoms with van der Waals surface area (Å²) in [5, 5.41) is 11.7. The maximum atomic E-state index is 12.9. The fourth-order valence-corrected chi connectivity index (χ4v) is 5.09. The third-order valence-corrected chi connectivity index (χ3v) is 8.90. The molecule has 0 radical (unpaired) electrons. The van der Waals surface area contributed by atoms with Gasteiger partial charge in [0.15, 0.2) is 6.61 Å². The molecule has 4 rings (SSSR count). The molecule has 0 saturated heterocycles. The van der Waals surface area contributed by atoms with E-state index < -0.39 is 58.3 Å². The van der Waals surface area contributed by atoms with Crippen molar-refractivity contribution in [3.05, 3.63) is 64.7 Å². The molecule has 20 heteroatoms. The van der Waals surface area contributed by atoms with Gasteiger partial charge >= 0.3 is 22.4 Å². The van der Waals surface area contributed by atoms with Crippen LogP contribution in [-0.2, 0) is 25.3 Å². The highest BCUT2D eigenvalue weighted by molar-refractivity contribution is 7.87. The van der Waals surface area contributed by atoms with Gasteiger partial charge in [0.1, 0.15) is 6.04 Å². The number of rotatable bonds is 16. The van der Waals surface area contributed by atoms with Gasteiger partial charge in [-0.25, -0.2) is 4.72 Å². The lowest BCUT2D eigenvalue weighted by molar-refractivity contribution is -0.154. The molecule has 1 atom stereocenters. The van der Waals surface area contributed by atoms with Gasteiger partial charge in [-0.3, -0.25) is 14.4 Å². The minimum absolute atomic E-state index is 0.00759. The summed E-state index contributed by atoms with van der Waals surface area (Å²) in [5.74, 6) is -1.97. The van der Waals surface area contributed by atoms with E-state index in [9.17, 15) is 36.0 Å². The van der Waals surface area contributed by atoms with Crippen LogP contribution in [0.25, 0.3) is 0 Å². The predicted octanol–water partition coefficient (Wildman–Crippen LogP) is 3.25. The number of amides is 3. The van der Waals surface area contributed by atoms with Crippen molar-refractivity contribution < 1.29 is 40.7 Å². The number of aromatic nitrogens is 3. The molecule has 1 aliphatic carbocycles. The van der Waals surface area contributed by atoms with Gasteiger partial charge in [0, 0.05) is 43.3 Å². The molecule has 5 N–H and O–H groups in total. The third kappa shape index (κ3) is 11.1. The summed E-state index contributed by atoms with van der Waals surface area (Å²) in [5.41, 5.74) is 1.06. The van der Waals surface area contributed by atoms with Crippen molar-refractivity contribution in [1.29, 1.82) is 0 Å². The first-order valence-corrected chi connectivity index (χ1v) is 17.0. The largest absolute Gasteiger partial charge is 0.454 e. The number of benzene rings is 2. The Bertz CT molecular complexity index is 1790. The molecule has 1 fully saturated rings. The number of ether oxygens (including phenoxy) is 1. The third-order valence-electron chi connectivity index (χ3n) is 7.23. The maximum absolute atomic E-state index is 12.9. The van der Waals surface area contributed by atoms with Crippen molar-refractivity contribution in [3.8, 4) is 6.01 Å². The first kappa shape index (κ1) is 38.1. The fraction of sp³-hybridized carbons (Fsp3) is 0.400. The zero-order chi connectivity index (χ0) is 36.7. The van der Waals surface area contributed by atoms with E-state index in [-0.39, 0.29) is 36.8 Å². The summed E-state index contributed by atoms with van der Waals surface area (Å²) >= 11 is 6.01. The molecule has 0 aliphatic heterocycles. The lowest BCUT2D eigenvalue weighted by Crippen LogP contribution is -2.49. The molecule has 1 aromatic heterocycles. The van der Waals surface area contributed by atoms with Crippen molar-refractivity contribution in [2.75, 3.05) is 37.9 Å². The minimum atomic E-state index is -4.62. The van der Waals surface area contributed by atoms with Crippen LogP contribution >= 0.6 is 11.6 Å². The second-order valence-electron chi connectivity index (χ2n) is 11.5. The molecular weight excluding hydrogens is 707 g/mol. The molecule has 1 heterocycles. The SMILES string of the molecule is CC(NC(=O)CCCNC(=O)c1ccc(Nc2nc(NC3(c4ccc(Cl)cc4)CC3)nc(OCC(F)(F)F)n2)cc1)C(=O)NS(=O)(=O)N(C)C. The number of carbonyl (C=O) groups excluding carboxylic acids is 3. The smallest absolute Gasteiger partial charge is 0.422 e. The summed E-state index contributed by atoms with van der Waals surface area (Å²) in [6.07, 6.45) is -2.98. The zero-order valence-electron chi connectivity index (χ0n) is 27.1. The molecule has 50 heavy (non-hydrogen) atoms. The van der Waals surface area contributed by atoms with Crippen LogP contribution < -0.4 is 30.7 Å². The first-order chi connectivity index (χ1) is 23.4. The Morgan fingerprint density at radius 3 is 2.24 bits per heavy atom. The molecule has 0 spiro atoms. The molecule has 1 saturated carbocycles. The molecule has 15 nitrogen and oxygen atoms in total. The van der Waals surface area contributed by atoms with E-state index in [0.717, 1.165) is 22.7 Å². The Morgan fingerprint density at radius 1 is 1.00 bits per heavy atom. The van der Waals surface area contributed by atoms with Gasteiger partial charge in [-0.05, 0) is 68.1 Å². The van der Waals surface area contributed by atoms with Gasteiger partial charge in [-0.15, -0.1) is 0 Å². The maximum Gasteiger partial charge on any atom is 0.422 e. The fourth-order valence-electron chi connectivity index (χ4n) is 4.35. The van der Waals surface area contributed by atoms with Crippen molar-refractivity contribution in [1.82, 2.24) is 34.6 Å². The Hall–Kier alpha value is -4.75. The summed E-state index contributed by atoms with van der Waals surface area (Å²) in [6, 6.07) is 11.6. The van der Waals surface area contributed by atoms with Crippen LogP contribution in [0.1, 0.15) is 48.5 Å². The first-order valence-electron chi connectivity index (χ1n) is 15.1. The lowest BCUT2D eigenvalue weighted by Gasteiger charge is -2.19.